The van der Waals surface area contributed by atoms with E-state index in [4.69, 9.17) is 5.11 Å². The number of carboxylic acid groups (broad SMARTS) is 1. The van der Waals surface area contributed by atoms with Crippen molar-refractivity contribution in [2.75, 3.05) is 19.6 Å². The zero-order chi connectivity index (χ0) is 14.9. The predicted octanol–water partition coefficient (Wildman–Crippen LogP) is -0.203. The summed E-state index contributed by atoms with van der Waals surface area (Å²) in [5.74, 6) is -1.10. The van der Waals surface area contributed by atoms with Gasteiger partial charge in [-0.25, -0.2) is 4.68 Å². The van der Waals surface area contributed by atoms with Crippen LogP contribution in [0.2, 0.25) is 0 Å². The van der Waals surface area contributed by atoms with Crippen LogP contribution in [0.25, 0.3) is 0 Å². The molecule has 2 aliphatic rings. The molecule has 1 saturated carbocycles. The summed E-state index contributed by atoms with van der Waals surface area (Å²) in [4.78, 5) is 23.0. The van der Waals surface area contributed by atoms with E-state index in [1.54, 1.807) is 10.9 Å². The molecule has 114 valence electrons. The van der Waals surface area contributed by atoms with Gasteiger partial charge >= 0.3 is 5.97 Å². The smallest absolute Gasteiger partial charge is 0.303 e. The van der Waals surface area contributed by atoms with Gasteiger partial charge in [0.05, 0.1) is 18.7 Å². The Morgan fingerprint density at radius 3 is 2.76 bits per heavy atom. The lowest BCUT2D eigenvalue weighted by Crippen LogP contribution is -2.44. The molecule has 1 aliphatic heterocycles. The average Bonchev–Trinajstić information content (AvgIpc) is 2.78. The van der Waals surface area contributed by atoms with Crippen molar-refractivity contribution < 1.29 is 14.7 Å². The molecule has 1 aromatic rings. The van der Waals surface area contributed by atoms with Gasteiger partial charge in [-0.05, 0) is 18.3 Å². The number of amides is 1. The van der Waals surface area contributed by atoms with Gasteiger partial charge in [-0.3, -0.25) is 9.59 Å². The van der Waals surface area contributed by atoms with Gasteiger partial charge in [0.15, 0.2) is 5.69 Å². The van der Waals surface area contributed by atoms with Crippen molar-refractivity contribution in [3.05, 3.63) is 11.9 Å². The molecule has 2 heterocycles. The fraction of sp³-hybridized carbons (Fsp3) is 0.692. The summed E-state index contributed by atoms with van der Waals surface area (Å²) >= 11 is 0. The summed E-state index contributed by atoms with van der Waals surface area (Å²) in [6.07, 6.45) is 4.47. The molecule has 0 spiro atoms. The van der Waals surface area contributed by atoms with E-state index in [1.165, 1.54) is 0 Å². The minimum Gasteiger partial charge on any atom is -0.481 e. The van der Waals surface area contributed by atoms with E-state index in [1.807, 2.05) is 0 Å². The second-order valence-electron chi connectivity index (χ2n) is 6.00. The molecule has 1 saturated heterocycles. The van der Waals surface area contributed by atoms with E-state index in [9.17, 15) is 9.59 Å². The Bertz CT molecular complexity index is 548. The maximum Gasteiger partial charge on any atom is 0.303 e. The second kappa shape index (κ2) is 5.44. The number of hydrogen-bond donors (Lipinski definition) is 3. The van der Waals surface area contributed by atoms with E-state index < -0.39 is 5.97 Å². The molecule has 1 aromatic heterocycles. The first-order chi connectivity index (χ1) is 10.1. The zero-order valence-corrected chi connectivity index (χ0v) is 11.7. The summed E-state index contributed by atoms with van der Waals surface area (Å²) in [6.45, 7) is 2.06. The minimum absolute atomic E-state index is 0.105. The van der Waals surface area contributed by atoms with Gasteiger partial charge in [-0.2, -0.15) is 0 Å². The summed E-state index contributed by atoms with van der Waals surface area (Å²) in [5.41, 5.74) is 0.00162. The van der Waals surface area contributed by atoms with E-state index >= 15 is 0 Å². The van der Waals surface area contributed by atoms with Crippen molar-refractivity contribution >= 4 is 11.9 Å². The molecule has 1 amide bonds. The van der Waals surface area contributed by atoms with Crippen LogP contribution in [0.15, 0.2) is 6.20 Å². The monoisotopic (exact) mass is 293 g/mol. The third-order valence-corrected chi connectivity index (χ3v) is 4.44. The standard InChI is InChI=1S/C13H19N5O3/c19-11(20)4-13(2-1-3-13)8-15-12(21)10-7-18(17-16-10)9-5-14-6-9/h7,9,14H,1-6,8H2,(H,15,21)(H,19,20). The fourth-order valence-corrected chi connectivity index (χ4v) is 2.79. The number of carboxylic acids is 1. The molecule has 0 radical (unpaired) electrons. The predicted molar refractivity (Wildman–Crippen MR) is 72.8 cm³/mol. The highest BCUT2D eigenvalue weighted by atomic mass is 16.4. The molecule has 8 heteroatoms. The van der Waals surface area contributed by atoms with Crippen LogP contribution in [0.4, 0.5) is 0 Å². The molecule has 21 heavy (non-hydrogen) atoms. The number of hydrogen-bond acceptors (Lipinski definition) is 5. The third-order valence-electron chi connectivity index (χ3n) is 4.44. The quantitative estimate of drug-likeness (QED) is 0.670. The Hall–Kier alpha value is -1.96. The van der Waals surface area contributed by atoms with Crippen LogP contribution in [-0.2, 0) is 4.79 Å². The lowest BCUT2D eigenvalue weighted by molar-refractivity contribution is -0.141. The third kappa shape index (κ3) is 2.90. The maximum atomic E-state index is 12.1. The summed E-state index contributed by atoms with van der Waals surface area (Å²) < 4.78 is 1.70. The molecule has 0 atom stereocenters. The largest absolute Gasteiger partial charge is 0.481 e. The summed E-state index contributed by atoms with van der Waals surface area (Å²) in [5, 5.41) is 22.7. The maximum absolute atomic E-state index is 12.1. The van der Waals surface area contributed by atoms with Gasteiger partial charge in [0.25, 0.3) is 5.91 Å². The first-order valence-corrected chi connectivity index (χ1v) is 7.21. The van der Waals surface area contributed by atoms with Crippen LogP contribution in [0.1, 0.15) is 42.2 Å². The lowest BCUT2D eigenvalue weighted by Gasteiger charge is -2.40. The Morgan fingerprint density at radius 1 is 1.48 bits per heavy atom. The molecule has 8 nitrogen and oxygen atoms in total. The Labute approximate surface area is 121 Å². The van der Waals surface area contributed by atoms with Gasteiger partial charge in [0, 0.05) is 19.6 Å². The van der Waals surface area contributed by atoms with Crippen molar-refractivity contribution in [1.29, 1.82) is 0 Å². The fourth-order valence-electron chi connectivity index (χ4n) is 2.79. The minimum atomic E-state index is -0.813. The van der Waals surface area contributed by atoms with Gasteiger partial charge in [0.1, 0.15) is 0 Å². The van der Waals surface area contributed by atoms with Crippen LogP contribution >= 0.6 is 0 Å². The first kappa shape index (κ1) is 14.0. The highest BCUT2D eigenvalue weighted by Crippen LogP contribution is 2.43. The van der Waals surface area contributed by atoms with E-state index in [0.717, 1.165) is 32.4 Å². The van der Waals surface area contributed by atoms with E-state index in [2.05, 4.69) is 20.9 Å². The summed E-state index contributed by atoms with van der Waals surface area (Å²) in [7, 11) is 0. The lowest BCUT2D eigenvalue weighted by atomic mass is 9.66. The van der Waals surface area contributed by atoms with Crippen LogP contribution < -0.4 is 10.6 Å². The number of aliphatic carboxylic acids is 1. The molecule has 3 N–H and O–H groups in total. The van der Waals surface area contributed by atoms with Crippen LogP contribution in [0, 0.1) is 5.41 Å². The number of carbonyl (C=O) groups is 2. The molecular formula is C13H19N5O3. The average molecular weight is 293 g/mol. The summed E-state index contributed by atoms with van der Waals surface area (Å²) in [6, 6.07) is 0.268. The second-order valence-corrected chi connectivity index (χ2v) is 6.00. The van der Waals surface area contributed by atoms with Gasteiger partial charge < -0.3 is 15.7 Å². The normalized spacial score (nSPS) is 20.4. The van der Waals surface area contributed by atoms with Crippen molar-refractivity contribution in [1.82, 2.24) is 25.6 Å². The van der Waals surface area contributed by atoms with Crippen LogP contribution in [-0.4, -0.2) is 51.6 Å². The van der Waals surface area contributed by atoms with Crippen LogP contribution in [0.3, 0.4) is 0 Å². The van der Waals surface area contributed by atoms with Gasteiger partial charge in [-0.1, -0.05) is 11.6 Å². The van der Waals surface area contributed by atoms with Crippen molar-refractivity contribution in [2.24, 2.45) is 5.41 Å². The molecule has 1 aliphatic carbocycles. The number of carbonyl (C=O) groups excluding carboxylic acids is 1. The number of nitrogens with zero attached hydrogens (tertiary/aromatic N) is 3. The number of nitrogens with one attached hydrogen (secondary N) is 2. The van der Waals surface area contributed by atoms with Gasteiger partial charge in [-0.15, -0.1) is 5.10 Å². The molecule has 3 rings (SSSR count). The molecule has 0 unspecified atom stereocenters. The van der Waals surface area contributed by atoms with Crippen molar-refractivity contribution in [3.8, 4) is 0 Å². The van der Waals surface area contributed by atoms with Crippen LogP contribution in [0.5, 0.6) is 0 Å². The Balaban J connectivity index is 1.55. The van der Waals surface area contributed by atoms with Gasteiger partial charge in [0.2, 0.25) is 0 Å². The molecule has 0 bridgehead atoms. The molecule has 2 fully saturated rings. The zero-order valence-electron chi connectivity index (χ0n) is 11.7. The highest BCUT2D eigenvalue weighted by Gasteiger charge is 2.39. The number of aromatic nitrogens is 3. The SMILES string of the molecule is O=C(O)CC1(CNC(=O)c2cn(C3CNC3)nn2)CCC1. The van der Waals surface area contributed by atoms with Crippen molar-refractivity contribution in [2.45, 2.75) is 31.7 Å². The highest BCUT2D eigenvalue weighted by molar-refractivity contribution is 5.91. The van der Waals surface area contributed by atoms with E-state index in [0.29, 0.717) is 6.54 Å². The van der Waals surface area contributed by atoms with Crippen molar-refractivity contribution in [3.63, 3.8) is 0 Å². The first-order valence-electron chi connectivity index (χ1n) is 7.21. The van der Waals surface area contributed by atoms with E-state index in [-0.39, 0.29) is 29.5 Å². The number of rotatable bonds is 6. The molecular weight excluding hydrogens is 274 g/mol. The molecule has 0 aromatic carbocycles. The Morgan fingerprint density at radius 2 is 2.24 bits per heavy atom. The topological polar surface area (TPSA) is 109 Å². The Kier molecular flexibility index (Phi) is 3.62.